The number of alkyl halides is 1. The topological polar surface area (TPSA) is 62.0 Å². The number of aromatic amines is 1. The first kappa shape index (κ1) is 11.8. The van der Waals surface area contributed by atoms with E-state index >= 15 is 0 Å². The molecule has 2 N–H and O–H groups in total. The Balaban J connectivity index is 2.61. The fourth-order valence-electron chi connectivity index (χ4n) is 1.09. The van der Waals surface area contributed by atoms with E-state index < -0.39 is 0 Å². The number of hydrogen-bond donors (Lipinski definition) is 2. The first-order chi connectivity index (χ1) is 7.13. The van der Waals surface area contributed by atoms with Crippen LogP contribution in [0.15, 0.2) is 23.1 Å². The van der Waals surface area contributed by atoms with E-state index in [2.05, 4.69) is 10.3 Å². The van der Waals surface area contributed by atoms with Gasteiger partial charge in [-0.05, 0) is 19.4 Å². The van der Waals surface area contributed by atoms with Crippen molar-refractivity contribution in [1.82, 2.24) is 10.3 Å². The van der Waals surface area contributed by atoms with E-state index in [1.54, 1.807) is 0 Å². The zero-order chi connectivity index (χ0) is 11.3. The molecule has 15 heavy (non-hydrogen) atoms. The Kier molecular flexibility index (Phi) is 4.37. The molecule has 0 aliphatic heterocycles. The lowest BCUT2D eigenvalue weighted by atomic mass is 10.2. The van der Waals surface area contributed by atoms with Gasteiger partial charge in [-0.15, -0.1) is 11.6 Å². The molecule has 1 unspecified atom stereocenters. The van der Waals surface area contributed by atoms with Crippen LogP contribution in [0.4, 0.5) is 0 Å². The van der Waals surface area contributed by atoms with Crippen LogP contribution in [0.25, 0.3) is 0 Å². The van der Waals surface area contributed by atoms with Crippen molar-refractivity contribution in [1.29, 1.82) is 0 Å². The van der Waals surface area contributed by atoms with Gasteiger partial charge in [0.25, 0.3) is 5.91 Å². The van der Waals surface area contributed by atoms with Crippen LogP contribution in [0.5, 0.6) is 0 Å². The van der Waals surface area contributed by atoms with Gasteiger partial charge in [0.1, 0.15) is 0 Å². The van der Waals surface area contributed by atoms with Crippen molar-refractivity contribution in [3.05, 3.63) is 34.2 Å². The number of rotatable bonds is 4. The molecule has 1 aromatic rings. The van der Waals surface area contributed by atoms with Crippen LogP contribution < -0.4 is 10.9 Å². The van der Waals surface area contributed by atoms with Gasteiger partial charge in [0.15, 0.2) is 0 Å². The first-order valence-electron chi connectivity index (χ1n) is 4.69. The number of halogens is 1. The lowest BCUT2D eigenvalue weighted by Crippen LogP contribution is -2.33. The Labute approximate surface area is 92.7 Å². The van der Waals surface area contributed by atoms with E-state index in [1.807, 2.05) is 6.92 Å². The highest BCUT2D eigenvalue weighted by atomic mass is 35.5. The maximum absolute atomic E-state index is 11.6. The van der Waals surface area contributed by atoms with Crippen LogP contribution in [0.3, 0.4) is 0 Å². The van der Waals surface area contributed by atoms with Gasteiger partial charge in [0.2, 0.25) is 5.56 Å². The molecule has 82 valence electrons. The number of aromatic nitrogens is 1. The van der Waals surface area contributed by atoms with Crippen molar-refractivity contribution < 1.29 is 4.79 Å². The van der Waals surface area contributed by atoms with Gasteiger partial charge in [-0.1, -0.05) is 0 Å². The molecule has 0 aliphatic rings. The fraction of sp³-hybridized carbons (Fsp3) is 0.400. The normalized spacial score (nSPS) is 12.1. The summed E-state index contributed by atoms with van der Waals surface area (Å²) in [6.45, 7) is 1.88. The van der Waals surface area contributed by atoms with Crippen molar-refractivity contribution in [3.63, 3.8) is 0 Å². The number of carbonyl (C=O) groups is 1. The molecule has 0 bridgehead atoms. The van der Waals surface area contributed by atoms with Crippen molar-refractivity contribution in [3.8, 4) is 0 Å². The number of carbonyl (C=O) groups excluding carboxylic acids is 1. The lowest BCUT2D eigenvalue weighted by Gasteiger charge is -2.11. The van der Waals surface area contributed by atoms with Gasteiger partial charge in [-0.25, -0.2) is 0 Å². The molecule has 0 saturated carbocycles. The zero-order valence-corrected chi connectivity index (χ0v) is 9.17. The van der Waals surface area contributed by atoms with E-state index in [0.717, 1.165) is 6.42 Å². The fourth-order valence-corrected chi connectivity index (χ4v) is 1.42. The van der Waals surface area contributed by atoms with Gasteiger partial charge >= 0.3 is 0 Å². The number of amides is 1. The molecule has 1 aromatic heterocycles. The molecule has 1 atom stereocenters. The van der Waals surface area contributed by atoms with Gasteiger partial charge in [-0.2, -0.15) is 0 Å². The standard InChI is InChI=1S/C10H13ClN2O2/c1-7(4-5-11)13-10(15)8-2-3-9(14)12-6-8/h2-3,6-7H,4-5H2,1H3,(H,12,14)(H,13,15). The average Bonchev–Trinajstić information content (AvgIpc) is 2.18. The van der Waals surface area contributed by atoms with E-state index in [4.69, 9.17) is 11.6 Å². The maximum Gasteiger partial charge on any atom is 0.252 e. The molecule has 1 heterocycles. The summed E-state index contributed by atoms with van der Waals surface area (Å²) in [5.41, 5.74) is 0.219. The summed E-state index contributed by atoms with van der Waals surface area (Å²) in [6, 6.07) is 2.84. The molecule has 0 aliphatic carbocycles. The molecule has 0 aromatic carbocycles. The molecule has 0 fully saturated rings. The average molecular weight is 229 g/mol. The monoisotopic (exact) mass is 228 g/mol. The van der Waals surface area contributed by atoms with Crippen molar-refractivity contribution in [2.24, 2.45) is 0 Å². The van der Waals surface area contributed by atoms with Crippen LogP contribution >= 0.6 is 11.6 Å². The third kappa shape index (κ3) is 3.75. The van der Waals surface area contributed by atoms with E-state index in [9.17, 15) is 9.59 Å². The van der Waals surface area contributed by atoms with Crippen molar-refractivity contribution in [2.45, 2.75) is 19.4 Å². The van der Waals surface area contributed by atoms with E-state index in [1.165, 1.54) is 18.3 Å². The van der Waals surface area contributed by atoms with Crippen LogP contribution in [0.2, 0.25) is 0 Å². The maximum atomic E-state index is 11.6. The van der Waals surface area contributed by atoms with Gasteiger partial charge < -0.3 is 10.3 Å². The Hall–Kier alpha value is -1.29. The van der Waals surface area contributed by atoms with Gasteiger partial charge in [-0.3, -0.25) is 9.59 Å². The second-order valence-electron chi connectivity index (χ2n) is 3.29. The van der Waals surface area contributed by atoms with Crippen LogP contribution in [0.1, 0.15) is 23.7 Å². The minimum Gasteiger partial charge on any atom is -0.349 e. The summed E-state index contributed by atoms with van der Waals surface area (Å²) in [4.78, 5) is 24.8. The highest BCUT2D eigenvalue weighted by Crippen LogP contribution is 1.97. The highest BCUT2D eigenvalue weighted by Gasteiger charge is 2.08. The van der Waals surface area contributed by atoms with Crippen LogP contribution in [-0.2, 0) is 0 Å². The summed E-state index contributed by atoms with van der Waals surface area (Å²) in [5, 5.41) is 2.77. The molecule has 0 radical (unpaired) electrons. The smallest absolute Gasteiger partial charge is 0.252 e. The Morgan fingerprint density at radius 3 is 2.87 bits per heavy atom. The summed E-state index contributed by atoms with van der Waals surface area (Å²) in [7, 11) is 0. The molecule has 0 saturated heterocycles. The molecular formula is C10H13ClN2O2. The summed E-state index contributed by atoms with van der Waals surface area (Å²) in [5.74, 6) is 0.302. The molecule has 1 amide bonds. The number of pyridine rings is 1. The number of hydrogen-bond acceptors (Lipinski definition) is 2. The SMILES string of the molecule is CC(CCCl)NC(=O)c1ccc(=O)[nH]c1. The predicted octanol–water partition coefficient (Wildman–Crippen LogP) is 1.12. The lowest BCUT2D eigenvalue weighted by molar-refractivity contribution is 0.0939. The minimum absolute atomic E-state index is 0.0296. The highest BCUT2D eigenvalue weighted by molar-refractivity contribution is 6.17. The number of H-pyrrole nitrogens is 1. The summed E-state index contributed by atoms with van der Waals surface area (Å²) < 4.78 is 0. The predicted molar refractivity (Wildman–Crippen MR) is 59.3 cm³/mol. The van der Waals surface area contributed by atoms with Crippen LogP contribution in [-0.4, -0.2) is 22.8 Å². The second-order valence-corrected chi connectivity index (χ2v) is 3.67. The molecule has 4 nitrogen and oxygen atoms in total. The van der Waals surface area contributed by atoms with Gasteiger partial charge in [0, 0.05) is 24.2 Å². The third-order valence-electron chi connectivity index (χ3n) is 1.97. The van der Waals surface area contributed by atoms with Gasteiger partial charge in [0.05, 0.1) is 5.56 Å². The number of nitrogens with one attached hydrogen (secondary N) is 2. The third-order valence-corrected chi connectivity index (χ3v) is 2.18. The minimum atomic E-state index is -0.222. The zero-order valence-electron chi connectivity index (χ0n) is 8.42. The van der Waals surface area contributed by atoms with E-state index in [-0.39, 0.29) is 17.5 Å². The Morgan fingerprint density at radius 2 is 2.33 bits per heavy atom. The largest absolute Gasteiger partial charge is 0.349 e. The van der Waals surface area contributed by atoms with Crippen LogP contribution in [0, 0.1) is 0 Å². The molecule has 0 spiro atoms. The summed E-state index contributed by atoms with van der Waals surface area (Å²) in [6.07, 6.45) is 2.11. The Morgan fingerprint density at radius 1 is 1.60 bits per heavy atom. The molecule has 1 rings (SSSR count). The summed E-state index contributed by atoms with van der Waals surface area (Å²) >= 11 is 5.55. The first-order valence-corrected chi connectivity index (χ1v) is 5.22. The van der Waals surface area contributed by atoms with E-state index in [0.29, 0.717) is 11.4 Å². The second kappa shape index (κ2) is 5.56. The Bertz CT molecular complexity index is 369. The quantitative estimate of drug-likeness (QED) is 0.759. The van der Waals surface area contributed by atoms with Crippen molar-refractivity contribution >= 4 is 17.5 Å². The molecule has 5 heteroatoms. The molecular weight excluding hydrogens is 216 g/mol. The van der Waals surface area contributed by atoms with Crippen molar-refractivity contribution in [2.75, 3.05) is 5.88 Å².